The molecule has 0 N–H and O–H groups in total. The van der Waals surface area contributed by atoms with E-state index in [1.165, 1.54) is 50.1 Å². The summed E-state index contributed by atoms with van der Waals surface area (Å²) in [5.41, 5.74) is 12.7. The molecule has 21 radical (unpaired) electrons. The van der Waals surface area contributed by atoms with Gasteiger partial charge in [-0.05, 0) is 6.92 Å². The van der Waals surface area contributed by atoms with Gasteiger partial charge in [0.2, 0.25) is 0 Å². The molecule has 0 fully saturated rings. The van der Waals surface area contributed by atoms with Gasteiger partial charge in [-0.1, -0.05) is 92.0 Å². The fourth-order valence-electron chi connectivity index (χ4n) is 2.82. The molecule has 0 amide bonds. The monoisotopic (exact) mass is 2370 g/mol. The van der Waals surface area contributed by atoms with Crippen molar-refractivity contribution in [2.75, 3.05) is 0 Å². The molecule has 0 unspecified atom stereocenters. The SMILES string of the molecule is C.C.C.C.C/C=N/N=C/c1c(C)c(C)[c-]c(C)c1C.Cc1[c-]c(C)c(C)c(C)c1C.[CH3-].[CH3-].[CH3-].[CH3-].[CH3-].[CH3-].[Y].[Y].[Y].[Y].[Y].[Y].[Y].[Y].[Y].[Y].[Y].[Y].[Y].[Y].[Y].[Y].[Y].[Y].[Y].[Y].[Y]. The topological polar surface area (TPSA) is 24.7 Å². The summed E-state index contributed by atoms with van der Waals surface area (Å²) in [4.78, 5) is 0. The van der Waals surface area contributed by atoms with Crippen LogP contribution >= 0.6 is 0 Å². The average molecular weight is 2370 g/mol. The van der Waals surface area contributed by atoms with Crippen LogP contribution < -0.4 is 0 Å². The number of aryl methyl sites for hydroxylation is 4. The minimum absolute atomic E-state index is 0. The minimum atomic E-state index is 0. The van der Waals surface area contributed by atoms with Gasteiger partial charge >= 0.3 is 0 Å². The second-order valence-electron chi connectivity index (χ2n) is 6.91. The maximum Gasteiger partial charge on any atom is 0.0332 e. The van der Waals surface area contributed by atoms with Crippen LogP contribution in [0.3, 0.4) is 0 Å². The number of hydrogen-bond acceptors (Lipinski definition) is 2. The molecule has 283 valence electrons. The summed E-state index contributed by atoms with van der Waals surface area (Å²) in [5, 5.41) is 7.84. The van der Waals surface area contributed by atoms with Crippen molar-refractivity contribution in [3.8, 4) is 0 Å². The third-order valence-corrected chi connectivity index (χ3v) is 5.30. The van der Waals surface area contributed by atoms with Gasteiger partial charge in [-0.2, -0.15) is 61.3 Å². The first kappa shape index (κ1) is 209. The summed E-state index contributed by atoms with van der Waals surface area (Å²) in [6.07, 6.45) is 3.49. The summed E-state index contributed by atoms with van der Waals surface area (Å²) >= 11 is 0. The molecule has 0 bridgehead atoms. The molecule has 57 heavy (non-hydrogen) atoms. The molecule has 0 saturated heterocycles. The van der Waals surface area contributed by atoms with Crippen LogP contribution in [-0.4, -0.2) is 12.4 Å². The molecule has 0 saturated carbocycles. The van der Waals surface area contributed by atoms with Crippen molar-refractivity contribution in [2.24, 2.45) is 10.2 Å². The third-order valence-electron chi connectivity index (χ3n) is 5.30. The van der Waals surface area contributed by atoms with Crippen LogP contribution in [0.4, 0.5) is 0 Å². The summed E-state index contributed by atoms with van der Waals surface area (Å²) in [7, 11) is 0. The standard InChI is InChI=1S/C13H17N2.C11H15.4CH4.6CH3.21Y/c1-6-14-15-8-13-11(4)9(2)7-10(3)12(13)5;1-7-6-8(2)10(4)11(5)9(7)3;;;;;;;;;;;;;;;;;;;;;;;;;;;;;;;/h6,8H,1-5H3;1-5H3;4*1H4;6*1H3;;;;;;;;;;;;;;;;;;;;;/q2*-1;;;;;6*-1;;;;;;;;;;;;;;;;;;;;;/b14-6+,15-8+;;;;;;;;;;;;;;;;;;;;;;;;;;;;;;;;. The molecule has 2 aromatic carbocycles. The molecule has 2 nitrogen and oxygen atoms in total. The Morgan fingerprint density at radius 3 is 0.649 bits per heavy atom. The second kappa shape index (κ2) is 137. The Morgan fingerprint density at radius 2 is 0.474 bits per heavy atom. The molecule has 0 aromatic heterocycles. The van der Waals surface area contributed by atoms with Crippen LogP contribution in [0.15, 0.2) is 10.2 Å². The summed E-state index contributed by atoms with van der Waals surface area (Å²) in [5.74, 6) is 0. The second-order valence-corrected chi connectivity index (χ2v) is 6.91. The van der Waals surface area contributed by atoms with Gasteiger partial charge in [0, 0.05) is 699 Å². The van der Waals surface area contributed by atoms with Crippen molar-refractivity contribution in [3.63, 3.8) is 0 Å². The summed E-state index contributed by atoms with van der Waals surface area (Å²) in [6.45, 7) is 20.9. The smallest absolute Gasteiger partial charge is 0.0332 e. The summed E-state index contributed by atoms with van der Waals surface area (Å²) < 4.78 is 0. The van der Waals surface area contributed by atoms with Gasteiger partial charge < -0.3 is 44.6 Å². The Hall–Kier alpha value is 21.0. The molecule has 0 aliphatic rings. The third kappa shape index (κ3) is 99.4. The van der Waals surface area contributed by atoms with Gasteiger partial charge in [-0.15, -0.1) is 16.7 Å². The van der Waals surface area contributed by atoms with Crippen LogP contribution in [0, 0.1) is 119 Å². The molecule has 0 aliphatic heterocycles. The first-order valence-corrected chi connectivity index (χ1v) is 9.08. The van der Waals surface area contributed by atoms with Crippen molar-refractivity contribution in [2.45, 2.75) is 98.9 Å². The van der Waals surface area contributed by atoms with Gasteiger partial charge in [-0.25, -0.2) is 0 Å². The molecular formula is C34H66N2Y21-8. The fraction of sp³-hybridized carbons (Fsp3) is 0.412. The van der Waals surface area contributed by atoms with Crippen molar-refractivity contribution in [3.05, 3.63) is 112 Å². The number of nitrogens with zero attached hydrogens (tertiary/aromatic N) is 2. The molecule has 0 spiro atoms. The Bertz CT molecular complexity index is 843. The number of rotatable bonds is 2. The predicted molar refractivity (Wildman–Crippen MR) is 180 cm³/mol. The van der Waals surface area contributed by atoms with E-state index >= 15 is 0 Å². The van der Waals surface area contributed by atoms with Crippen LogP contribution in [0.5, 0.6) is 0 Å². The van der Waals surface area contributed by atoms with Crippen LogP contribution in [0.2, 0.25) is 0 Å². The molecule has 0 atom stereocenters. The zero-order valence-corrected chi connectivity index (χ0v) is 95.8. The largest absolute Gasteiger partial charge is 0.358 e. The molecular weight excluding hydrogens is 2300 g/mol. The van der Waals surface area contributed by atoms with Crippen LogP contribution in [0.1, 0.15) is 92.3 Å². The van der Waals surface area contributed by atoms with E-state index in [0.717, 1.165) is 5.56 Å². The van der Waals surface area contributed by atoms with Gasteiger partial charge in [0.05, 0.1) is 0 Å². The quantitative estimate of drug-likeness (QED) is 0.163. The molecule has 0 heterocycles. The maximum atomic E-state index is 3.99. The van der Waals surface area contributed by atoms with Gasteiger partial charge in [0.1, 0.15) is 0 Å². The van der Waals surface area contributed by atoms with E-state index in [1.807, 2.05) is 13.1 Å². The van der Waals surface area contributed by atoms with Gasteiger partial charge in [0.25, 0.3) is 0 Å². The molecule has 2 aromatic rings. The summed E-state index contributed by atoms with van der Waals surface area (Å²) in [6, 6.07) is 6.68. The average Bonchev–Trinajstić information content (AvgIpc) is 2.60. The van der Waals surface area contributed by atoms with E-state index in [9.17, 15) is 0 Å². The Balaban J connectivity index is -0.00000000535. The maximum absolute atomic E-state index is 3.99. The van der Waals surface area contributed by atoms with E-state index in [-0.39, 0.29) is 761 Å². The van der Waals surface area contributed by atoms with Gasteiger partial charge in [0.15, 0.2) is 0 Å². The van der Waals surface area contributed by atoms with Crippen LogP contribution in [0.25, 0.3) is 0 Å². The van der Waals surface area contributed by atoms with E-state index in [4.69, 9.17) is 0 Å². The van der Waals surface area contributed by atoms with Gasteiger partial charge in [-0.3, -0.25) is 0 Å². The fourth-order valence-corrected chi connectivity index (χ4v) is 2.82. The number of benzene rings is 2. The Labute approximate surface area is 892 Å². The van der Waals surface area contributed by atoms with E-state index in [1.54, 1.807) is 6.21 Å². The van der Waals surface area contributed by atoms with E-state index in [0.29, 0.717) is 0 Å². The predicted octanol–water partition coefficient (Wildman–Crippen LogP) is 11.4. The zero-order chi connectivity index (χ0) is 20.0. The minimum Gasteiger partial charge on any atom is -0.358 e. The Kier molecular flexibility index (Phi) is 503. The number of hydrogen-bond donors (Lipinski definition) is 0. The Morgan fingerprint density at radius 1 is 0.298 bits per heavy atom. The molecule has 2 rings (SSSR count). The van der Waals surface area contributed by atoms with E-state index in [2.05, 4.69) is 84.6 Å². The normalized spacial score (nSPS) is 5.09. The molecule has 23 heteroatoms. The first-order valence-electron chi connectivity index (χ1n) is 9.08. The van der Waals surface area contributed by atoms with E-state index < -0.39 is 0 Å². The zero-order valence-electron chi connectivity index (χ0n) is 36.2. The van der Waals surface area contributed by atoms with Crippen molar-refractivity contribution >= 4 is 12.4 Å². The van der Waals surface area contributed by atoms with Crippen molar-refractivity contribution in [1.29, 1.82) is 0 Å². The molecule has 0 aliphatic carbocycles. The van der Waals surface area contributed by atoms with Crippen LogP contribution in [-0.2, 0) is 687 Å². The van der Waals surface area contributed by atoms with Crippen molar-refractivity contribution < 1.29 is 687 Å². The van der Waals surface area contributed by atoms with Crippen molar-refractivity contribution in [1.82, 2.24) is 0 Å². The first-order chi connectivity index (χ1) is 12.1.